The number of aryl methyl sites for hydroxylation is 1. The third-order valence-electron chi connectivity index (χ3n) is 3.38. The maximum absolute atomic E-state index is 11.9. The SMILES string of the molecule is CCCNCc1ccc(OCC(=O)Nc2ccc(C)cc2)cc1. The van der Waals surface area contributed by atoms with Crippen molar-refractivity contribution in [1.82, 2.24) is 5.32 Å². The summed E-state index contributed by atoms with van der Waals surface area (Å²) in [6, 6.07) is 15.5. The Bertz CT molecular complexity index is 606. The van der Waals surface area contributed by atoms with E-state index in [1.165, 1.54) is 5.56 Å². The van der Waals surface area contributed by atoms with Gasteiger partial charge in [0, 0.05) is 12.2 Å². The van der Waals surface area contributed by atoms with Crippen molar-refractivity contribution in [2.24, 2.45) is 0 Å². The molecule has 0 atom stereocenters. The monoisotopic (exact) mass is 312 g/mol. The number of benzene rings is 2. The average molecular weight is 312 g/mol. The van der Waals surface area contributed by atoms with Gasteiger partial charge < -0.3 is 15.4 Å². The summed E-state index contributed by atoms with van der Waals surface area (Å²) in [5.41, 5.74) is 3.14. The molecule has 2 aromatic carbocycles. The fraction of sp³-hybridized carbons (Fsp3) is 0.316. The number of carbonyl (C=O) groups excluding carboxylic acids is 1. The number of hydrogen-bond donors (Lipinski definition) is 2. The minimum absolute atomic E-state index is 0.00130. The summed E-state index contributed by atoms with van der Waals surface area (Å²) in [5, 5.41) is 6.16. The average Bonchev–Trinajstić information content (AvgIpc) is 2.56. The third kappa shape index (κ3) is 6.12. The summed E-state index contributed by atoms with van der Waals surface area (Å²) in [6.07, 6.45) is 1.12. The van der Waals surface area contributed by atoms with Gasteiger partial charge in [0.15, 0.2) is 6.61 Å². The summed E-state index contributed by atoms with van der Waals surface area (Å²) < 4.78 is 5.51. The number of amides is 1. The van der Waals surface area contributed by atoms with Crippen molar-refractivity contribution in [1.29, 1.82) is 0 Å². The predicted octanol–water partition coefficient (Wildman–Crippen LogP) is 3.51. The Morgan fingerprint density at radius 2 is 1.74 bits per heavy atom. The van der Waals surface area contributed by atoms with Crippen LogP contribution in [0.4, 0.5) is 5.69 Å². The molecule has 23 heavy (non-hydrogen) atoms. The topological polar surface area (TPSA) is 50.4 Å². The fourth-order valence-electron chi connectivity index (χ4n) is 2.10. The highest BCUT2D eigenvalue weighted by Gasteiger charge is 2.04. The molecule has 2 N–H and O–H groups in total. The van der Waals surface area contributed by atoms with Crippen LogP contribution in [0.5, 0.6) is 5.75 Å². The summed E-state index contributed by atoms with van der Waals surface area (Å²) in [6.45, 7) is 6.02. The largest absolute Gasteiger partial charge is 0.484 e. The molecule has 0 aliphatic heterocycles. The lowest BCUT2D eigenvalue weighted by atomic mass is 10.2. The van der Waals surface area contributed by atoms with Crippen molar-refractivity contribution in [3.8, 4) is 5.75 Å². The van der Waals surface area contributed by atoms with Crippen LogP contribution in [0.25, 0.3) is 0 Å². The quantitative estimate of drug-likeness (QED) is 0.733. The molecule has 1 amide bonds. The molecule has 0 saturated carbocycles. The minimum Gasteiger partial charge on any atom is -0.484 e. The van der Waals surface area contributed by atoms with E-state index in [4.69, 9.17) is 4.74 Å². The maximum Gasteiger partial charge on any atom is 0.262 e. The van der Waals surface area contributed by atoms with Crippen LogP contribution in [0.3, 0.4) is 0 Å². The first-order valence-electron chi connectivity index (χ1n) is 7.96. The van der Waals surface area contributed by atoms with Gasteiger partial charge >= 0.3 is 0 Å². The minimum atomic E-state index is -0.164. The molecular weight excluding hydrogens is 288 g/mol. The van der Waals surface area contributed by atoms with Crippen molar-refractivity contribution in [2.75, 3.05) is 18.5 Å². The number of rotatable bonds is 8. The van der Waals surface area contributed by atoms with Crippen LogP contribution in [0.2, 0.25) is 0 Å². The van der Waals surface area contributed by atoms with Gasteiger partial charge in [0.25, 0.3) is 5.91 Å². The molecule has 122 valence electrons. The van der Waals surface area contributed by atoms with Gasteiger partial charge in [-0.15, -0.1) is 0 Å². The van der Waals surface area contributed by atoms with Crippen LogP contribution >= 0.6 is 0 Å². The van der Waals surface area contributed by atoms with Gasteiger partial charge in [-0.3, -0.25) is 4.79 Å². The number of ether oxygens (including phenoxy) is 1. The van der Waals surface area contributed by atoms with Crippen LogP contribution in [0.15, 0.2) is 48.5 Å². The molecule has 0 aromatic heterocycles. The standard InChI is InChI=1S/C19H24N2O2/c1-3-12-20-13-16-6-10-18(11-7-16)23-14-19(22)21-17-8-4-15(2)5-9-17/h4-11,20H,3,12-14H2,1-2H3,(H,21,22). The fourth-order valence-corrected chi connectivity index (χ4v) is 2.10. The van der Waals surface area contributed by atoms with E-state index in [0.29, 0.717) is 5.75 Å². The van der Waals surface area contributed by atoms with Crippen LogP contribution < -0.4 is 15.4 Å². The van der Waals surface area contributed by atoms with E-state index in [9.17, 15) is 4.79 Å². The van der Waals surface area contributed by atoms with E-state index in [1.807, 2.05) is 55.5 Å². The van der Waals surface area contributed by atoms with E-state index in [2.05, 4.69) is 17.6 Å². The molecule has 0 fully saturated rings. The normalized spacial score (nSPS) is 10.3. The van der Waals surface area contributed by atoms with E-state index in [0.717, 1.165) is 30.8 Å². The molecule has 4 nitrogen and oxygen atoms in total. The molecule has 0 aliphatic rings. The smallest absolute Gasteiger partial charge is 0.262 e. The summed E-state index contributed by atoms with van der Waals surface area (Å²) in [7, 11) is 0. The molecule has 0 bridgehead atoms. The molecular formula is C19H24N2O2. The number of nitrogens with one attached hydrogen (secondary N) is 2. The first kappa shape index (κ1) is 17.0. The second kappa shape index (κ2) is 8.96. The molecule has 2 aromatic rings. The second-order valence-electron chi connectivity index (χ2n) is 5.52. The zero-order valence-corrected chi connectivity index (χ0v) is 13.8. The van der Waals surface area contributed by atoms with Crippen LogP contribution in [-0.4, -0.2) is 19.1 Å². The van der Waals surface area contributed by atoms with Gasteiger partial charge in [-0.25, -0.2) is 0 Å². The van der Waals surface area contributed by atoms with Crippen molar-refractivity contribution < 1.29 is 9.53 Å². The van der Waals surface area contributed by atoms with E-state index in [1.54, 1.807) is 0 Å². The molecule has 2 rings (SSSR count). The Kier molecular flexibility index (Phi) is 6.63. The Labute approximate surface area is 137 Å². The number of carbonyl (C=O) groups is 1. The second-order valence-corrected chi connectivity index (χ2v) is 5.52. The third-order valence-corrected chi connectivity index (χ3v) is 3.38. The number of hydrogen-bond acceptors (Lipinski definition) is 3. The summed E-state index contributed by atoms with van der Waals surface area (Å²) >= 11 is 0. The Morgan fingerprint density at radius 1 is 1.04 bits per heavy atom. The Hall–Kier alpha value is -2.33. The lowest BCUT2D eigenvalue weighted by molar-refractivity contribution is -0.118. The van der Waals surface area contributed by atoms with Crippen molar-refractivity contribution in [2.45, 2.75) is 26.8 Å². The van der Waals surface area contributed by atoms with E-state index < -0.39 is 0 Å². The van der Waals surface area contributed by atoms with E-state index >= 15 is 0 Å². The van der Waals surface area contributed by atoms with Gasteiger partial charge in [0.1, 0.15) is 5.75 Å². The first-order valence-corrected chi connectivity index (χ1v) is 7.96. The van der Waals surface area contributed by atoms with Gasteiger partial charge in [0.05, 0.1) is 0 Å². The van der Waals surface area contributed by atoms with Crippen LogP contribution in [0, 0.1) is 6.92 Å². The lowest BCUT2D eigenvalue weighted by Crippen LogP contribution is -2.20. The summed E-state index contributed by atoms with van der Waals surface area (Å²) in [4.78, 5) is 11.9. The van der Waals surface area contributed by atoms with E-state index in [-0.39, 0.29) is 12.5 Å². The van der Waals surface area contributed by atoms with Gasteiger partial charge in [-0.05, 0) is 49.7 Å². The number of anilines is 1. The van der Waals surface area contributed by atoms with Crippen LogP contribution in [0.1, 0.15) is 24.5 Å². The lowest BCUT2D eigenvalue weighted by Gasteiger charge is -2.09. The Balaban J connectivity index is 1.76. The Morgan fingerprint density at radius 3 is 2.39 bits per heavy atom. The molecule has 0 radical (unpaired) electrons. The zero-order valence-electron chi connectivity index (χ0n) is 13.8. The highest BCUT2D eigenvalue weighted by atomic mass is 16.5. The van der Waals surface area contributed by atoms with Crippen molar-refractivity contribution in [3.05, 3.63) is 59.7 Å². The summed E-state index contributed by atoms with van der Waals surface area (Å²) in [5.74, 6) is 0.533. The highest BCUT2D eigenvalue weighted by Crippen LogP contribution is 2.13. The van der Waals surface area contributed by atoms with Crippen LogP contribution in [-0.2, 0) is 11.3 Å². The van der Waals surface area contributed by atoms with Crippen molar-refractivity contribution in [3.63, 3.8) is 0 Å². The first-order chi connectivity index (χ1) is 11.2. The van der Waals surface area contributed by atoms with Gasteiger partial charge in [-0.1, -0.05) is 36.8 Å². The van der Waals surface area contributed by atoms with Crippen molar-refractivity contribution >= 4 is 11.6 Å². The maximum atomic E-state index is 11.9. The molecule has 0 spiro atoms. The molecule has 0 unspecified atom stereocenters. The molecule has 0 aliphatic carbocycles. The highest BCUT2D eigenvalue weighted by molar-refractivity contribution is 5.91. The predicted molar refractivity (Wildman–Crippen MR) is 93.7 cm³/mol. The molecule has 0 heterocycles. The zero-order chi connectivity index (χ0) is 16.5. The van der Waals surface area contributed by atoms with Gasteiger partial charge in [-0.2, -0.15) is 0 Å². The van der Waals surface area contributed by atoms with Gasteiger partial charge in [0.2, 0.25) is 0 Å². The molecule has 4 heteroatoms. The molecule has 0 saturated heterocycles.